The van der Waals surface area contributed by atoms with Gasteiger partial charge in [-0.3, -0.25) is 4.79 Å². The summed E-state index contributed by atoms with van der Waals surface area (Å²) < 4.78 is 39.2. The van der Waals surface area contributed by atoms with Gasteiger partial charge >= 0.3 is 6.18 Å². The van der Waals surface area contributed by atoms with E-state index < -0.39 is 12.0 Å². The van der Waals surface area contributed by atoms with Crippen LogP contribution >= 0.6 is 0 Å². The van der Waals surface area contributed by atoms with Crippen molar-refractivity contribution in [2.75, 3.05) is 0 Å². The van der Waals surface area contributed by atoms with Crippen molar-refractivity contribution in [1.29, 1.82) is 0 Å². The van der Waals surface area contributed by atoms with E-state index >= 15 is 0 Å². The second-order valence-electron chi connectivity index (χ2n) is 6.37. The predicted octanol–water partition coefficient (Wildman–Crippen LogP) is 4.41. The van der Waals surface area contributed by atoms with Crippen LogP contribution in [0.5, 0.6) is 0 Å². The van der Waals surface area contributed by atoms with Crippen LogP contribution in [0.1, 0.15) is 18.4 Å². The molecule has 0 aliphatic heterocycles. The van der Waals surface area contributed by atoms with Gasteiger partial charge in [0, 0.05) is 17.4 Å². The normalized spacial score (nSPS) is 30.2. The Morgan fingerprint density at radius 1 is 1.00 bits per heavy atom. The molecule has 114 valence electrons. The monoisotopic (exact) mass is 304 g/mol. The highest BCUT2D eigenvalue weighted by Gasteiger charge is 2.56. The van der Waals surface area contributed by atoms with Crippen LogP contribution in [0.25, 0.3) is 5.57 Å². The highest BCUT2D eigenvalue weighted by Crippen LogP contribution is 2.60. The molecule has 0 amide bonds. The highest BCUT2D eigenvalue weighted by molar-refractivity contribution is 6.08. The average molecular weight is 304 g/mol. The molecule has 1 aromatic rings. The number of Topliss-reactive ketones (excluding diaryl/α,β-unsaturated/α-hetero) is 1. The second-order valence-corrected chi connectivity index (χ2v) is 6.37. The Bertz CT molecular complexity index is 680. The summed E-state index contributed by atoms with van der Waals surface area (Å²) in [5.41, 5.74) is 1.34. The molecule has 1 saturated carbocycles. The maximum absolute atomic E-state index is 13.1. The number of hydrogen-bond donors (Lipinski definition) is 0. The molecular weight excluding hydrogens is 289 g/mol. The van der Waals surface area contributed by atoms with E-state index in [0.717, 1.165) is 18.4 Å². The molecule has 3 atom stereocenters. The first kappa shape index (κ1) is 13.8. The lowest BCUT2D eigenvalue weighted by Crippen LogP contribution is -2.28. The SMILES string of the molecule is O=C(C1=C(c2ccccc2)C2C=CC1C2C1CC1)C(F)(F)F. The number of allylic oxidation sites excluding steroid dienone is 4. The van der Waals surface area contributed by atoms with Crippen molar-refractivity contribution in [2.45, 2.75) is 19.0 Å². The molecule has 3 aliphatic rings. The Hall–Kier alpha value is -1.84. The number of ketones is 1. The van der Waals surface area contributed by atoms with Crippen LogP contribution in [0.3, 0.4) is 0 Å². The first-order valence-electron chi connectivity index (χ1n) is 7.58. The lowest BCUT2D eigenvalue weighted by atomic mass is 9.86. The molecule has 2 bridgehead atoms. The molecule has 0 heterocycles. The van der Waals surface area contributed by atoms with Gasteiger partial charge in [0.1, 0.15) is 0 Å². The van der Waals surface area contributed by atoms with E-state index in [1.165, 1.54) is 0 Å². The minimum absolute atomic E-state index is 0.0110. The van der Waals surface area contributed by atoms with E-state index in [-0.39, 0.29) is 23.3 Å². The molecule has 4 rings (SSSR count). The summed E-state index contributed by atoms with van der Waals surface area (Å²) in [6, 6.07) is 9.05. The first-order chi connectivity index (χ1) is 10.5. The lowest BCUT2D eigenvalue weighted by molar-refractivity contribution is -0.166. The summed E-state index contributed by atoms with van der Waals surface area (Å²) in [4.78, 5) is 12.0. The summed E-state index contributed by atoms with van der Waals surface area (Å²) in [5, 5.41) is 0. The zero-order valence-electron chi connectivity index (χ0n) is 11.8. The van der Waals surface area contributed by atoms with Crippen LogP contribution in [-0.2, 0) is 4.79 Å². The van der Waals surface area contributed by atoms with E-state index in [4.69, 9.17) is 0 Å². The number of rotatable bonds is 3. The van der Waals surface area contributed by atoms with Crippen molar-refractivity contribution < 1.29 is 18.0 Å². The molecule has 1 fully saturated rings. The summed E-state index contributed by atoms with van der Waals surface area (Å²) in [5.74, 6) is -1.45. The van der Waals surface area contributed by atoms with Crippen LogP contribution in [0.4, 0.5) is 13.2 Å². The van der Waals surface area contributed by atoms with Crippen LogP contribution in [0.2, 0.25) is 0 Å². The maximum atomic E-state index is 13.1. The van der Waals surface area contributed by atoms with Crippen LogP contribution < -0.4 is 0 Å². The number of fused-ring (bicyclic) bond motifs is 2. The number of hydrogen-bond acceptors (Lipinski definition) is 1. The maximum Gasteiger partial charge on any atom is 0.454 e. The van der Waals surface area contributed by atoms with Crippen molar-refractivity contribution in [2.24, 2.45) is 23.7 Å². The third-order valence-electron chi connectivity index (χ3n) is 5.07. The molecule has 4 heteroatoms. The molecular formula is C18H15F3O. The molecule has 0 aromatic heterocycles. The fraction of sp³-hybridized carbons (Fsp3) is 0.389. The summed E-state index contributed by atoms with van der Waals surface area (Å²) in [6.07, 6.45) is 1.15. The standard InChI is InChI=1S/C18H15F3O/c19-18(20,21)17(22)16-13-9-8-12(14(13)11-6-7-11)15(16)10-4-2-1-3-5-10/h1-5,8-9,11-14H,6-7H2. The molecule has 3 aliphatic carbocycles. The lowest BCUT2D eigenvalue weighted by Gasteiger charge is -2.17. The smallest absolute Gasteiger partial charge is 0.284 e. The topological polar surface area (TPSA) is 17.1 Å². The third kappa shape index (κ3) is 1.97. The number of benzene rings is 1. The number of halogens is 3. The van der Waals surface area contributed by atoms with Crippen molar-refractivity contribution >= 4 is 11.4 Å². The van der Waals surface area contributed by atoms with E-state index in [1.807, 2.05) is 18.2 Å². The first-order valence-corrected chi connectivity index (χ1v) is 7.58. The Kier molecular flexibility index (Phi) is 2.87. The number of alkyl halides is 3. The number of carbonyl (C=O) groups is 1. The van der Waals surface area contributed by atoms with Gasteiger partial charge in [-0.05, 0) is 35.8 Å². The fourth-order valence-electron chi connectivity index (χ4n) is 4.12. The Balaban J connectivity index is 1.84. The Labute approximate surface area is 126 Å². The molecule has 1 aromatic carbocycles. The van der Waals surface area contributed by atoms with Gasteiger partial charge in [0.25, 0.3) is 5.78 Å². The third-order valence-corrected chi connectivity index (χ3v) is 5.07. The molecule has 0 saturated heterocycles. The van der Waals surface area contributed by atoms with E-state index in [9.17, 15) is 18.0 Å². The van der Waals surface area contributed by atoms with Gasteiger partial charge < -0.3 is 0 Å². The molecule has 0 N–H and O–H groups in total. The van der Waals surface area contributed by atoms with Crippen molar-refractivity contribution in [3.05, 3.63) is 53.6 Å². The van der Waals surface area contributed by atoms with Crippen molar-refractivity contribution in [1.82, 2.24) is 0 Å². The minimum Gasteiger partial charge on any atom is -0.284 e. The summed E-state index contributed by atoms with van der Waals surface area (Å²) >= 11 is 0. The van der Waals surface area contributed by atoms with Gasteiger partial charge in [-0.25, -0.2) is 0 Å². The zero-order chi connectivity index (χ0) is 15.5. The van der Waals surface area contributed by atoms with Gasteiger partial charge in [0.2, 0.25) is 0 Å². The largest absolute Gasteiger partial charge is 0.454 e. The zero-order valence-corrected chi connectivity index (χ0v) is 11.8. The van der Waals surface area contributed by atoms with Crippen LogP contribution in [-0.4, -0.2) is 12.0 Å². The van der Waals surface area contributed by atoms with Gasteiger partial charge in [0.05, 0.1) is 0 Å². The number of carbonyl (C=O) groups excluding carboxylic acids is 1. The fourth-order valence-corrected chi connectivity index (χ4v) is 4.12. The summed E-state index contributed by atoms with van der Waals surface area (Å²) in [7, 11) is 0. The molecule has 1 nitrogen and oxygen atoms in total. The van der Waals surface area contributed by atoms with Gasteiger partial charge in [-0.2, -0.15) is 13.2 Å². The van der Waals surface area contributed by atoms with E-state index in [0.29, 0.717) is 11.5 Å². The Morgan fingerprint density at radius 2 is 1.64 bits per heavy atom. The highest BCUT2D eigenvalue weighted by atomic mass is 19.4. The summed E-state index contributed by atoms with van der Waals surface area (Å²) in [6.45, 7) is 0. The molecule has 0 radical (unpaired) electrons. The van der Waals surface area contributed by atoms with Crippen molar-refractivity contribution in [3.8, 4) is 0 Å². The molecule has 0 spiro atoms. The molecule has 22 heavy (non-hydrogen) atoms. The van der Waals surface area contributed by atoms with Crippen molar-refractivity contribution in [3.63, 3.8) is 0 Å². The average Bonchev–Trinajstić information content (AvgIpc) is 3.18. The van der Waals surface area contributed by atoms with Crippen LogP contribution in [0.15, 0.2) is 48.1 Å². The van der Waals surface area contributed by atoms with Gasteiger partial charge in [-0.1, -0.05) is 42.5 Å². The van der Waals surface area contributed by atoms with E-state index in [2.05, 4.69) is 0 Å². The second kappa shape index (κ2) is 4.58. The van der Waals surface area contributed by atoms with Crippen LogP contribution in [0, 0.1) is 23.7 Å². The minimum atomic E-state index is -4.80. The van der Waals surface area contributed by atoms with Gasteiger partial charge in [-0.15, -0.1) is 0 Å². The Morgan fingerprint density at radius 3 is 2.23 bits per heavy atom. The quantitative estimate of drug-likeness (QED) is 0.756. The van der Waals surface area contributed by atoms with Gasteiger partial charge in [0.15, 0.2) is 0 Å². The van der Waals surface area contributed by atoms with E-state index in [1.54, 1.807) is 24.3 Å². The predicted molar refractivity (Wildman–Crippen MR) is 76.8 cm³/mol. The molecule has 3 unspecified atom stereocenters.